The number of likely N-dealkylation sites (tertiary alicyclic amines) is 1. The van der Waals surface area contributed by atoms with Crippen LogP contribution in [-0.4, -0.2) is 24.5 Å². The van der Waals surface area contributed by atoms with Gasteiger partial charge in [0, 0.05) is 22.8 Å². The van der Waals surface area contributed by atoms with E-state index in [0.717, 1.165) is 25.6 Å². The number of hydrogen-bond donors (Lipinski definition) is 1. The van der Waals surface area contributed by atoms with Crippen molar-refractivity contribution in [1.29, 1.82) is 0 Å². The van der Waals surface area contributed by atoms with Gasteiger partial charge in [0.25, 0.3) is 0 Å². The molecule has 1 aromatic heterocycles. The molecule has 0 aromatic carbocycles. The standard InChI is InChI=1S/C16H28N2S/c1-3-9-17-12-15-6-7-16(19-15)13-18-10-4-5-14(2)8-11-18/h6-7,14,17H,3-5,8-13H2,1-2H3. The van der Waals surface area contributed by atoms with Gasteiger partial charge in [0.1, 0.15) is 0 Å². The fraction of sp³-hybridized carbons (Fsp3) is 0.750. The van der Waals surface area contributed by atoms with Crippen LogP contribution in [0, 0.1) is 5.92 Å². The van der Waals surface area contributed by atoms with E-state index in [9.17, 15) is 0 Å². The summed E-state index contributed by atoms with van der Waals surface area (Å²) in [5, 5.41) is 3.48. The van der Waals surface area contributed by atoms with Crippen molar-refractivity contribution in [3.05, 3.63) is 21.9 Å². The smallest absolute Gasteiger partial charge is 0.0328 e. The van der Waals surface area contributed by atoms with Gasteiger partial charge in [-0.25, -0.2) is 0 Å². The largest absolute Gasteiger partial charge is 0.312 e. The van der Waals surface area contributed by atoms with Crippen molar-refractivity contribution in [1.82, 2.24) is 10.2 Å². The summed E-state index contributed by atoms with van der Waals surface area (Å²) in [5.41, 5.74) is 0. The zero-order chi connectivity index (χ0) is 13.5. The van der Waals surface area contributed by atoms with Gasteiger partial charge in [0.15, 0.2) is 0 Å². The monoisotopic (exact) mass is 280 g/mol. The third-order valence-electron chi connectivity index (χ3n) is 3.93. The molecule has 0 bridgehead atoms. The van der Waals surface area contributed by atoms with Gasteiger partial charge in [-0.2, -0.15) is 0 Å². The van der Waals surface area contributed by atoms with Crippen LogP contribution in [0.25, 0.3) is 0 Å². The molecule has 1 unspecified atom stereocenters. The van der Waals surface area contributed by atoms with Gasteiger partial charge in [0.05, 0.1) is 0 Å². The van der Waals surface area contributed by atoms with Crippen LogP contribution in [0.3, 0.4) is 0 Å². The maximum Gasteiger partial charge on any atom is 0.0328 e. The highest BCUT2D eigenvalue weighted by Gasteiger charge is 2.14. The van der Waals surface area contributed by atoms with E-state index in [1.807, 2.05) is 11.3 Å². The predicted molar refractivity (Wildman–Crippen MR) is 84.6 cm³/mol. The zero-order valence-electron chi connectivity index (χ0n) is 12.5. The lowest BCUT2D eigenvalue weighted by Gasteiger charge is -2.18. The molecule has 0 amide bonds. The quantitative estimate of drug-likeness (QED) is 0.796. The van der Waals surface area contributed by atoms with Gasteiger partial charge >= 0.3 is 0 Å². The summed E-state index contributed by atoms with van der Waals surface area (Å²) >= 11 is 1.98. The molecule has 1 aromatic rings. The van der Waals surface area contributed by atoms with Crippen LogP contribution in [0.5, 0.6) is 0 Å². The Kier molecular flexibility index (Phi) is 6.35. The minimum atomic E-state index is 0.919. The highest BCUT2D eigenvalue weighted by atomic mass is 32.1. The third-order valence-corrected chi connectivity index (χ3v) is 5.00. The van der Waals surface area contributed by atoms with Gasteiger partial charge in [-0.1, -0.05) is 13.8 Å². The van der Waals surface area contributed by atoms with Gasteiger partial charge in [-0.15, -0.1) is 11.3 Å². The Balaban J connectivity index is 1.78. The molecule has 2 rings (SSSR count). The van der Waals surface area contributed by atoms with Crippen molar-refractivity contribution in [2.75, 3.05) is 19.6 Å². The molecule has 2 heterocycles. The topological polar surface area (TPSA) is 15.3 Å². The van der Waals surface area contributed by atoms with Gasteiger partial charge in [-0.05, 0) is 63.4 Å². The molecule has 2 nitrogen and oxygen atoms in total. The van der Waals surface area contributed by atoms with Crippen LogP contribution in [0.15, 0.2) is 12.1 Å². The van der Waals surface area contributed by atoms with E-state index in [-0.39, 0.29) is 0 Å². The Labute approximate surface area is 122 Å². The van der Waals surface area contributed by atoms with Crippen molar-refractivity contribution >= 4 is 11.3 Å². The van der Waals surface area contributed by atoms with Crippen LogP contribution in [0.2, 0.25) is 0 Å². The number of rotatable bonds is 6. The van der Waals surface area contributed by atoms with E-state index in [0.29, 0.717) is 0 Å². The molecule has 1 N–H and O–H groups in total. The number of nitrogens with one attached hydrogen (secondary N) is 1. The van der Waals surface area contributed by atoms with Crippen molar-refractivity contribution < 1.29 is 0 Å². The second-order valence-electron chi connectivity index (χ2n) is 5.86. The predicted octanol–water partition coefficient (Wildman–Crippen LogP) is 3.87. The van der Waals surface area contributed by atoms with E-state index in [1.54, 1.807) is 0 Å². The molecule has 19 heavy (non-hydrogen) atoms. The first kappa shape index (κ1) is 15.0. The molecule has 1 aliphatic heterocycles. The Hall–Kier alpha value is -0.380. The SMILES string of the molecule is CCCNCc1ccc(CN2CCCC(C)CC2)s1. The fourth-order valence-corrected chi connectivity index (χ4v) is 3.72. The summed E-state index contributed by atoms with van der Waals surface area (Å²) in [5.74, 6) is 0.919. The van der Waals surface area contributed by atoms with Crippen molar-refractivity contribution in [2.24, 2.45) is 5.92 Å². The molecule has 108 valence electrons. The molecule has 0 saturated carbocycles. The van der Waals surface area contributed by atoms with Crippen LogP contribution in [0.4, 0.5) is 0 Å². The number of hydrogen-bond acceptors (Lipinski definition) is 3. The summed E-state index contributed by atoms with van der Waals surface area (Å²) < 4.78 is 0. The highest BCUT2D eigenvalue weighted by Crippen LogP contribution is 2.22. The summed E-state index contributed by atoms with van der Waals surface area (Å²) in [6.07, 6.45) is 5.37. The Morgan fingerprint density at radius 2 is 2.11 bits per heavy atom. The second-order valence-corrected chi connectivity index (χ2v) is 7.11. The summed E-state index contributed by atoms with van der Waals surface area (Å²) in [4.78, 5) is 5.65. The van der Waals surface area contributed by atoms with Gasteiger partial charge in [0.2, 0.25) is 0 Å². The van der Waals surface area contributed by atoms with Crippen LogP contribution in [0.1, 0.15) is 49.3 Å². The number of nitrogens with zero attached hydrogens (tertiary/aromatic N) is 1. The first-order valence-corrected chi connectivity index (χ1v) is 8.60. The van der Waals surface area contributed by atoms with E-state index >= 15 is 0 Å². The average molecular weight is 280 g/mol. The van der Waals surface area contributed by atoms with Crippen molar-refractivity contribution in [3.8, 4) is 0 Å². The molecule has 3 heteroatoms. The van der Waals surface area contributed by atoms with Crippen molar-refractivity contribution in [2.45, 2.75) is 52.6 Å². The zero-order valence-corrected chi connectivity index (χ0v) is 13.3. The third kappa shape index (κ3) is 5.25. The Morgan fingerprint density at radius 3 is 2.95 bits per heavy atom. The van der Waals surface area contributed by atoms with Gasteiger partial charge in [-0.3, -0.25) is 4.90 Å². The average Bonchev–Trinajstić information content (AvgIpc) is 2.73. The minimum absolute atomic E-state index is 0.919. The van der Waals surface area contributed by atoms with Gasteiger partial charge < -0.3 is 5.32 Å². The maximum absolute atomic E-state index is 3.48. The summed E-state index contributed by atoms with van der Waals surface area (Å²) in [6.45, 7) is 10.5. The number of thiophene rings is 1. The maximum atomic E-state index is 3.48. The lowest BCUT2D eigenvalue weighted by atomic mass is 10.0. The Bertz CT molecular complexity index is 361. The molecule has 0 spiro atoms. The molecule has 1 saturated heterocycles. The second kappa shape index (κ2) is 8.03. The highest BCUT2D eigenvalue weighted by molar-refractivity contribution is 7.11. The normalized spacial score (nSPS) is 21.5. The van der Waals surface area contributed by atoms with E-state index in [2.05, 4.69) is 36.2 Å². The first-order valence-electron chi connectivity index (χ1n) is 7.78. The lowest BCUT2D eigenvalue weighted by molar-refractivity contribution is 0.276. The first-order chi connectivity index (χ1) is 9.28. The molecule has 1 atom stereocenters. The summed E-state index contributed by atoms with van der Waals surface area (Å²) in [6, 6.07) is 4.62. The Morgan fingerprint density at radius 1 is 1.26 bits per heavy atom. The van der Waals surface area contributed by atoms with Crippen molar-refractivity contribution in [3.63, 3.8) is 0 Å². The molecule has 0 aliphatic carbocycles. The van der Waals surface area contributed by atoms with Crippen LogP contribution >= 0.6 is 11.3 Å². The summed E-state index contributed by atoms with van der Waals surface area (Å²) in [7, 11) is 0. The lowest BCUT2D eigenvalue weighted by Crippen LogP contribution is -2.23. The van der Waals surface area contributed by atoms with Crippen LogP contribution < -0.4 is 5.32 Å². The minimum Gasteiger partial charge on any atom is -0.312 e. The molecule has 1 aliphatic rings. The van der Waals surface area contributed by atoms with E-state index in [4.69, 9.17) is 0 Å². The molecular formula is C16H28N2S. The molecule has 0 radical (unpaired) electrons. The van der Waals surface area contributed by atoms with E-state index < -0.39 is 0 Å². The molecule has 1 fully saturated rings. The van der Waals surface area contributed by atoms with E-state index in [1.165, 1.54) is 48.5 Å². The van der Waals surface area contributed by atoms with Crippen LogP contribution in [-0.2, 0) is 13.1 Å². The molecular weight excluding hydrogens is 252 g/mol. The fourth-order valence-electron chi connectivity index (χ4n) is 2.69.